The van der Waals surface area contributed by atoms with Gasteiger partial charge in [-0.2, -0.15) is 0 Å². The molecular weight excluding hydrogens is 244 g/mol. The van der Waals surface area contributed by atoms with Crippen molar-refractivity contribution in [1.29, 1.82) is 0 Å². The zero-order valence-electron chi connectivity index (χ0n) is 14.0. The van der Waals surface area contributed by atoms with Gasteiger partial charge in [0.2, 0.25) is 0 Å². The van der Waals surface area contributed by atoms with Crippen LogP contribution in [-0.2, 0) is 0 Å². The summed E-state index contributed by atoms with van der Waals surface area (Å²) in [6, 6.07) is 5.35. The largest absolute Gasteiger partial charge is 0.297 e. The molecule has 114 valence electrons. The molecule has 0 bridgehead atoms. The number of hydrogen-bond acceptors (Lipinski definition) is 2. The quantitative estimate of drug-likeness (QED) is 0.626. The fourth-order valence-corrected chi connectivity index (χ4v) is 2.82. The second-order valence-electron chi connectivity index (χ2n) is 6.40. The van der Waals surface area contributed by atoms with Crippen LogP contribution >= 0.6 is 0 Å². The molecule has 0 aliphatic heterocycles. The van der Waals surface area contributed by atoms with Gasteiger partial charge in [-0.15, -0.1) is 0 Å². The van der Waals surface area contributed by atoms with Gasteiger partial charge in [0, 0.05) is 24.5 Å². The van der Waals surface area contributed by atoms with Gasteiger partial charge in [-0.1, -0.05) is 46.1 Å². The Labute approximate surface area is 125 Å². The third-order valence-electron chi connectivity index (χ3n) is 4.29. The third kappa shape index (κ3) is 5.62. The van der Waals surface area contributed by atoms with Crippen LogP contribution in [0.3, 0.4) is 0 Å². The fraction of sp³-hybridized carbons (Fsp3) is 0.722. The molecule has 1 aromatic heterocycles. The van der Waals surface area contributed by atoms with E-state index < -0.39 is 0 Å². The van der Waals surface area contributed by atoms with Crippen molar-refractivity contribution in [2.45, 2.75) is 71.9 Å². The van der Waals surface area contributed by atoms with E-state index in [1.165, 1.54) is 37.7 Å². The topological polar surface area (TPSA) is 16.1 Å². The van der Waals surface area contributed by atoms with Gasteiger partial charge >= 0.3 is 0 Å². The van der Waals surface area contributed by atoms with E-state index in [1.807, 2.05) is 18.5 Å². The van der Waals surface area contributed by atoms with Gasteiger partial charge in [0.05, 0.1) is 0 Å². The van der Waals surface area contributed by atoms with Crippen LogP contribution in [0.4, 0.5) is 0 Å². The average Bonchev–Trinajstić information content (AvgIpc) is 2.45. The van der Waals surface area contributed by atoms with E-state index in [9.17, 15) is 0 Å². The SMILES string of the molecule is CCC[C@@H](CCCC(C)C)N(C)C(C)c1cccnc1. The van der Waals surface area contributed by atoms with Gasteiger partial charge in [0.25, 0.3) is 0 Å². The predicted octanol–water partition coefficient (Wildman–Crippen LogP) is 5.07. The van der Waals surface area contributed by atoms with Crippen molar-refractivity contribution in [3.8, 4) is 0 Å². The second-order valence-corrected chi connectivity index (χ2v) is 6.40. The van der Waals surface area contributed by atoms with Crippen molar-refractivity contribution in [3.05, 3.63) is 30.1 Å². The Morgan fingerprint density at radius 1 is 1.15 bits per heavy atom. The highest BCUT2D eigenvalue weighted by atomic mass is 15.2. The van der Waals surface area contributed by atoms with Crippen molar-refractivity contribution < 1.29 is 0 Å². The molecule has 0 saturated heterocycles. The first-order valence-electron chi connectivity index (χ1n) is 8.18. The van der Waals surface area contributed by atoms with Crippen molar-refractivity contribution in [1.82, 2.24) is 9.88 Å². The van der Waals surface area contributed by atoms with E-state index >= 15 is 0 Å². The molecule has 0 fully saturated rings. The van der Waals surface area contributed by atoms with E-state index in [0.717, 1.165) is 5.92 Å². The first kappa shape index (κ1) is 17.2. The summed E-state index contributed by atoms with van der Waals surface area (Å²) in [7, 11) is 2.27. The lowest BCUT2D eigenvalue weighted by Gasteiger charge is -2.33. The van der Waals surface area contributed by atoms with Crippen molar-refractivity contribution in [2.75, 3.05) is 7.05 Å². The summed E-state index contributed by atoms with van der Waals surface area (Å²) in [4.78, 5) is 6.79. The van der Waals surface area contributed by atoms with Crippen molar-refractivity contribution >= 4 is 0 Å². The molecule has 20 heavy (non-hydrogen) atoms. The minimum Gasteiger partial charge on any atom is -0.297 e. The van der Waals surface area contributed by atoms with Crippen LogP contribution < -0.4 is 0 Å². The molecule has 2 heteroatoms. The van der Waals surface area contributed by atoms with Gasteiger partial charge < -0.3 is 0 Å². The van der Waals surface area contributed by atoms with E-state index in [0.29, 0.717) is 12.1 Å². The second kappa shape index (κ2) is 9.12. The summed E-state index contributed by atoms with van der Waals surface area (Å²) in [6.45, 7) is 9.22. The zero-order valence-corrected chi connectivity index (χ0v) is 14.0. The molecule has 0 saturated carbocycles. The lowest BCUT2D eigenvalue weighted by atomic mass is 9.97. The molecule has 0 spiro atoms. The van der Waals surface area contributed by atoms with Crippen LogP contribution in [0.1, 0.15) is 71.4 Å². The highest BCUT2D eigenvalue weighted by molar-refractivity contribution is 5.13. The van der Waals surface area contributed by atoms with Crippen LogP contribution in [-0.4, -0.2) is 23.0 Å². The van der Waals surface area contributed by atoms with Gasteiger partial charge in [-0.05, 0) is 44.4 Å². The molecule has 0 aromatic carbocycles. The summed E-state index contributed by atoms with van der Waals surface area (Å²) in [6.07, 6.45) is 10.4. The van der Waals surface area contributed by atoms with Crippen molar-refractivity contribution in [3.63, 3.8) is 0 Å². The third-order valence-corrected chi connectivity index (χ3v) is 4.29. The summed E-state index contributed by atoms with van der Waals surface area (Å²) >= 11 is 0. The van der Waals surface area contributed by atoms with Gasteiger partial charge in [0.15, 0.2) is 0 Å². The highest BCUT2D eigenvalue weighted by Gasteiger charge is 2.20. The van der Waals surface area contributed by atoms with E-state index in [2.05, 4.69) is 50.7 Å². The molecule has 0 N–H and O–H groups in total. The van der Waals surface area contributed by atoms with Gasteiger partial charge in [-0.25, -0.2) is 0 Å². The fourth-order valence-electron chi connectivity index (χ4n) is 2.82. The molecule has 1 heterocycles. The lowest BCUT2D eigenvalue weighted by Crippen LogP contribution is -2.34. The standard InChI is InChI=1S/C18H32N2/c1-6-9-18(12-7-10-15(2)3)20(5)16(4)17-11-8-13-19-14-17/h8,11,13-16,18H,6-7,9-10,12H2,1-5H3/t16?,18-/m0/s1. The first-order valence-corrected chi connectivity index (χ1v) is 8.18. The molecule has 0 amide bonds. The predicted molar refractivity (Wildman–Crippen MR) is 87.8 cm³/mol. The minimum absolute atomic E-state index is 0.444. The smallest absolute Gasteiger partial charge is 0.0335 e. The number of rotatable bonds is 9. The molecule has 2 atom stereocenters. The summed E-state index contributed by atoms with van der Waals surface area (Å²) in [5.74, 6) is 0.818. The Hall–Kier alpha value is -0.890. The van der Waals surface area contributed by atoms with Crippen LogP contribution in [0, 0.1) is 5.92 Å². The number of aromatic nitrogens is 1. The molecule has 0 aliphatic rings. The minimum atomic E-state index is 0.444. The van der Waals surface area contributed by atoms with Crippen LogP contribution in [0.25, 0.3) is 0 Å². The first-order chi connectivity index (χ1) is 9.56. The molecule has 1 unspecified atom stereocenters. The Bertz CT molecular complexity index is 348. The highest BCUT2D eigenvalue weighted by Crippen LogP contribution is 2.25. The average molecular weight is 276 g/mol. The van der Waals surface area contributed by atoms with Crippen molar-refractivity contribution in [2.24, 2.45) is 5.92 Å². The zero-order chi connectivity index (χ0) is 15.0. The molecule has 0 aliphatic carbocycles. The van der Waals surface area contributed by atoms with Crippen LogP contribution in [0.15, 0.2) is 24.5 Å². The lowest BCUT2D eigenvalue weighted by molar-refractivity contribution is 0.161. The number of pyridine rings is 1. The van der Waals surface area contributed by atoms with E-state index in [-0.39, 0.29) is 0 Å². The molecule has 1 aromatic rings. The number of hydrogen-bond donors (Lipinski definition) is 0. The maximum atomic E-state index is 4.25. The molecule has 2 nitrogen and oxygen atoms in total. The Kier molecular flexibility index (Phi) is 7.83. The molecular formula is C18H32N2. The van der Waals surface area contributed by atoms with Crippen LogP contribution in [0.5, 0.6) is 0 Å². The van der Waals surface area contributed by atoms with Crippen LogP contribution in [0.2, 0.25) is 0 Å². The van der Waals surface area contributed by atoms with E-state index in [1.54, 1.807) is 0 Å². The normalized spacial score (nSPS) is 14.8. The summed E-state index contributed by atoms with van der Waals surface area (Å²) in [5, 5.41) is 0. The summed E-state index contributed by atoms with van der Waals surface area (Å²) in [5.41, 5.74) is 1.32. The summed E-state index contributed by atoms with van der Waals surface area (Å²) < 4.78 is 0. The number of nitrogens with zero attached hydrogens (tertiary/aromatic N) is 2. The Morgan fingerprint density at radius 3 is 2.45 bits per heavy atom. The molecule has 0 radical (unpaired) electrons. The van der Waals surface area contributed by atoms with E-state index in [4.69, 9.17) is 0 Å². The Balaban J connectivity index is 2.60. The maximum Gasteiger partial charge on any atom is 0.0335 e. The Morgan fingerprint density at radius 2 is 1.90 bits per heavy atom. The molecule has 1 rings (SSSR count). The monoisotopic (exact) mass is 276 g/mol. The maximum absolute atomic E-state index is 4.25. The van der Waals surface area contributed by atoms with Gasteiger partial charge in [-0.3, -0.25) is 9.88 Å². The van der Waals surface area contributed by atoms with Gasteiger partial charge in [0.1, 0.15) is 0 Å².